The van der Waals surface area contributed by atoms with E-state index in [1.54, 1.807) is 24.3 Å². The largest absolute Gasteiger partial charge is 0.350 e. The first kappa shape index (κ1) is 25.6. The van der Waals surface area contributed by atoms with Gasteiger partial charge in [-0.3, -0.25) is 23.5 Å². The van der Waals surface area contributed by atoms with Crippen LogP contribution in [0.2, 0.25) is 0 Å². The second-order valence-electron chi connectivity index (χ2n) is 8.62. The Hall–Kier alpha value is -4.53. The van der Waals surface area contributed by atoms with Crippen LogP contribution in [-0.2, 0) is 29.2 Å². The van der Waals surface area contributed by atoms with Crippen LogP contribution in [0.15, 0.2) is 88.5 Å². The molecule has 2 N–H and O–H groups in total. The summed E-state index contributed by atoms with van der Waals surface area (Å²) in [6, 6.07) is 21.6. The maximum Gasteiger partial charge on any atom is 0.331 e. The summed E-state index contributed by atoms with van der Waals surface area (Å²) in [5.74, 6) is -0.984. The average molecular weight is 503 g/mol. The highest BCUT2D eigenvalue weighted by molar-refractivity contribution is 5.90. The van der Waals surface area contributed by atoms with Gasteiger partial charge in [0.1, 0.15) is 12.4 Å². The predicted molar refractivity (Wildman–Crippen MR) is 140 cm³/mol. The van der Waals surface area contributed by atoms with E-state index in [9.17, 15) is 23.6 Å². The minimum Gasteiger partial charge on any atom is -0.350 e. The zero-order valence-corrected chi connectivity index (χ0v) is 20.2. The summed E-state index contributed by atoms with van der Waals surface area (Å²) in [4.78, 5) is 51.1. The second kappa shape index (κ2) is 11.9. The number of para-hydroxylation sites is 1. The zero-order chi connectivity index (χ0) is 26.2. The Morgan fingerprint density at radius 3 is 2.24 bits per heavy atom. The minimum atomic E-state index is -0.575. The average Bonchev–Trinajstić information content (AvgIpc) is 2.91. The number of aromatic nitrogens is 2. The van der Waals surface area contributed by atoms with Crippen LogP contribution in [0.1, 0.15) is 24.8 Å². The Bertz CT molecular complexity index is 1510. The number of rotatable bonds is 10. The summed E-state index contributed by atoms with van der Waals surface area (Å²) in [5, 5.41) is 5.83. The number of hydrogen-bond acceptors (Lipinski definition) is 4. The quantitative estimate of drug-likeness (QED) is 0.325. The van der Waals surface area contributed by atoms with Gasteiger partial charge < -0.3 is 10.6 Å². The van der Waals surface area contributed by atoms with Crippen LogP contribution < -0.4 is 21.9 Å². The maximum atomic E-state index is 13.2. The van der Waals surface area contributed by atoms with Crippen molar-refractivity contribution in [3.05, 3.63) is 111 Å². The minimum absolute atomic E-state index is 0.109. The summed E-state index contributed by atoms with van der Waals surface area (Å²) < 4.78 is 15.4. The lowest BCUT2D eigenvalue weighted by atomic mass is 10.2. The number of carbonyl (C=O) groups is 2. The molecule has 0 spiro atoms. The Kier molecular flexibility index (Phi) is 8.25. The molecule has 0 aliphatic heterocycles. The number of halogens is 1. The van der Waals surface area contributed by atoms with Gasteiger partial charge in [0, 0.05) is 25.2 Å². The van der Waals surface area contributed by atoms with Crippen LogP contribution in [0.3, 0.4) is 0 Å². The highest BCUT2D eigenvalue weighted by Crippen LogP contribution is 2.11. The van der Waals surface area contributed by atoms with Crippen molar-refractivity contribution in [2.45, 2.75) is 38.9 Å². The first-order valence-electron chi connectivity index (χ1n) is 12.0. The number of fused-ring (bicyclic) bond motifs is 1. The molecular weight excluding hydrogens is 475 g/mol. The molecule has 4 aromatic rings. The molecule has 2 amide bonds. The number of nitrogens with zero attached hydrogens (tertiary/aromatic N) is 2. The fourth-order valence-electron chi connectivity index (χ4n) is 4.03. The monoisotopic (exact) mass is 502 g/mol. The van der Waals surface area contributed by atoms with Crippen LogP contribution >= 0.6 is 0 Å². The van der Waals surface area contributed by atoms with E-state index in [2.05, 4.69) is 10.6 Å². The lowest BCUT2D eigenvalue weighted by Crippen LogP contribution is -2.42. The van der Waals surface area contributed by atoms with Crippen LogP contribution in [0.5, 0.6) is 0 Å². The normalized spacial score (nSPS) is 10.8. The van der Waals surface area contributed by atoms with E-state index in [4.69, 9.17) is 0 Å². The molecule has 0 bridgehead atoms. The second-order valence-corrected chi connectivity index (χ2v) is 8.62. The molecule has 0 saturated heterocycles. The molecule has 0 saturated carbocycles. The van der Waals surface area contributed by atoms with Crippen LogP contribution in [0, 0.1) is 5.82 Å². The van der Waals surface area contributed by atoms with Crippen molar-refractivity contribution in [1.82, 2.24) is 14.5 Å². The Morgan fingerprint density at radius 2 is 1.49 bits per heavy atom. The maximum absolute atomic E-state index is 13.2. The standard InChI is InChI=1S/C28H27FN4O4/c29-21-13-15-22(16-14-21)31-25(34)12-6-7-17-32-27(36)23-10-4-5-11-24(23)33(28(32)37)19-26(35)30-18-20-8-2-1-3-9-20/h1-5,8-11,13-16H,6-7,12,17-19H2,(H,30,35)(H,31,34). The van der Waals surface area contributed by atoms with Crippen molar-refractivity contribution in [1.29, 1.82) is 0 Å². The number of nitrogens with one attached hydrogen (secondary N) is 2. The van der Waals surface area contributed by atoms with Crippen molar-refractivity contribution < 1.29 is 14.0 Å². The molecule has 0 unspecified atom stereocenters. The van der Waals surface area contributed by atoms with Gasteiger partial charge >= 0.3 is 5.69 Å². The van der Waals surface area contributed by atoms with Gasteiger partial charge in [0.2, 0.25) is 11.8 Å². The highest BCUT2D eigenvalue weighted by Gasteiger charge is 2.15. The van der Waals surface area contributed by atoms with Crippen molar-refractivity contribution >= 4 is 28.4 Å². The van der Waals surface area contributed by atoms with Crippen molar-refractivity contribution in [2.24, 2.45) is 0 Å². The summed E-state index contributed by atoms with van der Waals surface area (Å²) >= 11 is 0. The van der Waals surface area contributed by atoms with Gasteiger partial charge in [-0.25, -0.2) is 9.18 Å². The first-order valence-corrected chi connectivity index (χ1v) is 12.0. The zero-order valence-electron chi connectivity index (χ0n) is 20.2. The van der Waals surface area contributed by atoms with Gasteiger partial charge in [-0.2, -0.15) is 0 Å². The van der Waals surface area contributed by atoms with Crippen molar-refractivity contribution in [2.75, 3.05) is 5.32 Å². The highest BCUT2D eigenvalue weighted by atomic mass is 19.1. The third-order valence-electron chi connectivity index (χ3n) is 5.93. The van der Waals surface area contributed by atoms with E-state index in [0.29, 0.717) is 36.0 Å². The molecule has 3 aromatic carbocycles. The Labute approximate surface area is 212 Å². The van der Waals surface area contributed by atoms with Gasteiger partial charge in [-0.05, 0) is 54.8 Å². The molecule has 190 valence electrons. The lowest BCUT2D eigenvalue weighted by Gasteiger charge is -2.14. The molecule has 1 heterocycles. The molecule has 0 fully saturated rings. The third kappa shape index (κ3) is 6.58. The van der Waals surface area contributed by atoms with Crippen LogP contribution in [-0.4, -0.2) is 20.9 Å². The van der Waals surface area contributed by atoms with Gasteiger partial charge in [0.05, 0.1) is 10.9 Å². The molecule has 0 aliphatic rings. The smallest absolute Gasteiger partial charge is 0.331 e. The lowest BCUT2D eigenvalue weighted by molar-refractivity contribution is -0.122. The molecule has 9 heteroatoms. The van der Waals surface area contributed by atoms with Gasteiger partial charge in [-0.15, -0.1) is 0 Å². The molecule has 0 atom stereocenters. The van der Waals surface area contributed by atoms with Crippen molar-refractivity contribution in [3.8, 4) is 0 Å². The fourth-order valence-corrected chi connectivity index (χ4v) is 4.03. The number of carbonyl (C=O) groups excluding carboxylic acids is 2. The molecule has 1 aromatic heterocycles. The number of amides is 2. The topological polar surface area (TPSA) is 102 Å². The molecule has 37 heavy (non-hydrogen) atoms. The molecule has 4 rings (SSSR count). The van der Waals surface area contributed by atoms with E-state index < -0.39 is 17.1 Å². The molecule has 0 radical (unpaired) electrons. The summed E-state index contributed by atoms with van der Waals surface area (Å²) in [7, 11) is 0. The Morgan fingerprint density at radius 1 is 0.784 bits per heavy atom. The SMILES string of the molecule is O=C(Cn1c(=O)n(CCCCC(=O)Nc2ccc(F)cc2)c(=O)c2ccccc21)NCc1ccccc1. The number of unbranched alkanes of at least 4 members (excludes halogenated alkanes) is 1. The van der Waals surface area contributed by atoms with E-state index in [-0.39, 0.29) is 31.3 Å². The van der Waals surface area contributed by atoms with Crippen molar-refractivity contribution in [3.63, 3.8) is 0 Å². The van der Waals surface area contributed by atoms with Gasteiger partial charge in [0.25, 0.3) is 5.56 Å². The number of hydrogen-bond donors (Lipinski definition) is 2. The predicted octanol–water partition coefficient (Wildman–Crippen LogP) is 3.43. The number of anilines is 1. The third-order valence-corrected chi connectivity index (χ3v) is 5.93. The molecular formula is C28H27FN4O4. The number of benzene rings is 3. The summed E-state index contributed by atoms with van der Waals surface area (Å²) in [5.41, 5.74) is 0.806. The Balaban J connectivity index is 1.43. The summed E-state index contributed by atoms with van der Waals surface area (Å²) in [6.07, 6.45) is 1.02. The van der Waals surface area contributed by atoms with Crippen LogP contribution in [0.4, 0.5) is 10.1 Å². The van der Waals surface area contributed by atoms with E-state index in [1.807, 2.05) is 30.3 Å². The van der Waals surface area contributed by atoms with E-state index in [0.717, 1.165) is 10.1 Å². The van der Waals surface area contributed by atoms with Crippen LogP contribution in [0.25, 0.3) is 10.9 Å². The fraction of sp³-hybridized carbons (Fsp3) is 0.214. The van der Waals surface area contributed by atoms with E-state index in [1.165, 1.54) is 28.8 Å². The summed E-state index contributed by atoms with van der Waals surface area (Å²) in [6.45, 7) is 0.205. The van der Waals surface area contributed by atoms with Gasteiger partial charge in [-0.1, -0.05) is 42.5 Å². The molecule has 8 nitrogen and oxygen atoms in total. The molecule has 0 aliphatic carbocycles. The van der Waals surface area contributed by atoms with E-state index >= 15 is 0 Å². The first-order chi connectivity index (χ1) is 17.9. The van der Waals surface area contributed by atoms with Gasteiger partial charge in [0.15, 0.2) is 0 Å².